The lowest BCUT2D eigenvalue weighted by atomic mass is 10.2. The maximum absolute atomic E-state index is 9.14. The van der Waals surface area contributed by atoms with Gasteiger partial charge in [-0.05, 0) is 30.2 Å². The minimum atomic E-state index is -0.00393. The topological polar surface area (TPSA) is 56.5 Å². The molecule has 1 N–H and O–H groups in total. The number of nitrogens with zero attached hydrogens (tertiary/aromatic N) is 2. The summed E-state index contributed by atoms with van der Waals surface area (Å²) in [6.07, 6.45) is 4.60. The zero-order valence-corrected chi connectivity index (χ0v) is 11.9. The molecule has 1 aromatic heterocycles. The standard InChI is InChI=1S/C15H20N2O3/c1-3-19-15-8-12(11-18)4-5-14(15)20-7-6-13-9-16-17(2)10-13/h4-5,8-10,18H,3,6-7,11H2,1-2H3. The number of ether oxygens (including phenoxy) is 2. The van der Waals surface area contributed by atoms with Gasteiger partial charge in [-0.25, -0.2) is 0 Å². The fourth-order valence-corrected chi connectivity index (χ4v) is 1.92. The second-order valence-electron chi connectivity index (χ2n) is 4.49. The molecule has 5 heteroatoms. The Labute approximate surface area is 118 Å². The number of hydrogen-bond acceptors (Lipinski definition) is 4. The summed E-state index contributed by atoms with van der Waals surface area (Å²) in [4.78, 5) is 0. The van der Waals surface area contributed by atoms with Crippen LogP contribution in [0.3, 0.4) is 0 Å². The molecule has 0 atom stereocenters. The fraction of sp³-hybridized carbons (Fsp3) is 0.400. The normalized spacial score (nSPS) is 10.6. The summed E-state index contributed by atoms with van der Waals surface area (Å²) in [5, 5.41) is 13.3. The Morgan fingerprint density at radius 2 is 2.05 bits per heavy atom. The summed E-state index contributed by atoms with van der Waals surface area (Å²) < 4.78 is 13.1. The van der Waals surface area contributed by atoms with Crippen molar-refractivity contribution in [3.8, 4) is 11.5 Å². The van der Waals surface area contributed by atoms with Crippen LogP contribution in [-0.2, 0) is 20.1 Å². The molecule has 0 amide bonds. The van der Waals surface area contributed by atoms with Crippen molar-refractivity contribution in [2.45, 2.75) is 20.0 Å². The average molecular weight is 276 g/mol. The smallest absolute Gasteiger partial charge is 0.161 e. The van der Waals surface area contributed by atoms with E-state index in [2.05, 4.69) is 5.10 Å². The third-order valence-corrected chi connectivity index (χ3v) is 2.90. The van der Waals surface area contributed by atoms with Gasteiger partial charge in [0.2, 0.25) is 0 Å². The van der Waals surface area contributed by atoms with Crippen LogP contribution in [0.1, 0.15) is 18.1 Å². The van der Waals surface area contributed by atoms with Crippen molar-refractivity contribution in [1.29, 1.82) is 0 Å². The van der Waals surface area contributed by atoms with Gasteiger partial charge in [0.05, 0.1) is 26.0 Å². The molecule has 2 rings (SSSR count). The fourth-order valence-electron chi connectivity index (χ4n) is 1.92. The molecule has 0 fully saturated rings. The molecule has 1 heterocycles. The van der Waals surface area contributed by atoms with Crippen molar-refractivity contribution in [2.24, 2.45) is 7.05 Å². The molecule has 1 aromatic carbocycles. The van der Waals surface area contributed by atoms with Crippen LogP contribution >= 0.6 is 0 Å². The van der Waals surface area contributed by atoms with Gasteiger partial charge in [0.25, 0.3) is 0 Å². The van der Waals surface area contributed by atoms with E-state index in [1.54, 1.807) is 4.68 Å². The van der Waals surface area contributed by atoms with E-state index in [9.17, 15) is 0 Å². The molecular weight excluding hydrogens is 256 g/mol. The van der Waals surface area contributed by atoms with Crippen LogP contribution in [0.5, 0.6) is 11.5 Å². The number of aryl methyl sites for hydroxylation is 1. The van der Waals surface area contributed by atoms with Gasteiger partial charge < -0.3 is 14.6 Å². The number of hydrogen-bond donors (Lipinski definition) is 1. The Hall–Kier alpha value is -2.01. The Morgan fingerprint density at radius 1 is 1.20 bits per heavy atom. The Bertz CT molecular complexity index is 552. The first-order chi connectivity index (χ1) is 9.72. The highest BCUT2D eigenvalue weighted by Crippen LogP contribution is 2.28. The lowest BCUT2D eigenvalue weighted by molar-refractivity contribution is 0.270. The highest BCUT2D eigenvalue weighted by molar-refractivity contribution is 5.42. The van der Waals surface area contributed by atoms with Crippen LogP contribution in [0.15, 0.2) is 30.6 Å². The molecule has 0 spiro atoms. The van der Waals surface area contributed by atoms with Gasteiger partial charge in [-0.2, -0.15) is 5.10 Å². The van der Waals surface area contributed by atoms with Crippen LogP contribution in [0.25, 0.3) is 0 Å². The number of aromatic nitrogens is 2. The molecule has 0 aliphatic carbocycles. The molecular formula is C15H20N2O3. The zero-order valence-electron chi connectivity index (χ0n) is 11.9. The number of aliphatic hydroxyl groups is 1. The van der Waals surface area contributed by atoms with E-state index in [1.807, 2.05) is 44.6 Å². The van der Waals surface area contributed by atoms with Gasteiger partial charge >= 0.3 is 0 Å². The van der Waals surface area contributed by atoms with Crippen LogP contribution in [0, 0.1) is 0 Å². The van der Waals surface area contributed by atoms with E-state index in [1.165, 1.54) is 0 Å². The summed E-state index contributed by atoms with van der Waals surface area (Å²) >= 11 is 0. The second kappa shape index (κ2) is 6.96. The zero-order chi connectivity index (χ0) is 14.4. The maximum Gasteiger partial charge on any atom is 0.161 e. The van der Waals surface area contributed by atoms with Crippen LogP contribution in [0.2, 0.25) is 0 Å². The van der Waals surface area contributed by atoms with E-state index >= 15 is 0 Å². The van der Waals surface area contributed by atoms with Crippen molar-refractivity contribution >= 4 is 0 Å². The predicted octanol–water partition coefficient (Wildman–Crippen LogP) is 1.93. The Balaban J connectivity index is 1.97. The third-order valence-electron chi connectivity index (χ3n) is 2.90. The van der Waals surface area contributed by atoms with Crippen molar-refractivity contribution in [3.63, 3.8) is 0 Å². The average Bonchev–Trinajstić information content (AvgIpc) is 2.86. The van der Waals surface area contributed by atoms with Gasteiger partial charge in [-0.1, -0.05) is 6.07 Å². The molecule has 5 nitrogen and oxygen atoms in total. The summed E-state index contributed by atoms with van der Waals surface area (Å²) in [6, 6.07) is 5.48. The van der Waals surface area contributed by atoms with E-state index in [0.29, 0.717) is 24.7 Å². The largest absolute Gasteiger partial charge is 0.490 e. The summed E-state index contributed by atoms with van der Waals surface area (Å²) in [6.45, 7) is 3.04. The lowest BCUT2D eigenvalue weighted by Crippen LogP contribution is -2.03. The van der Waals surface area contributed by atoms with Gasteiger partial charge in [0.15, 0.2) is 11.5 Å². The molecule has 108 valence electrons. The maximum atomic E-state index is 9.14. The molecule has 0 aliphatic heterocycles. The number of benzene rings is 1. The highest BCUT2D eigenvalue weighted by atomic mass is 16.5. The van der Waals surface area contributed by atoms with Gasteiger partial charge in [-0.3, -0.25) is 4.68 Å². The first kappa shape index (κ1) is 14.4. The predicted molar refractivity (Wildman–Crippen MR) is 75.9 cm³/mol. The van der Waals surface area contributed by atoms with Crippen LogP contribution in [-0.4, -0.2) is 28.1 Å². The molecule has 20 heavy (non-hydrogen) atoms. The first-order valence-electron chi connectivity index (χ1n) is 6.70. The minimum absolute atomic E-state index is 0.00393. The number of aliphatic hydroxyl groups excluding tert-OH is 1. The molecule has 0 aliphatic rings. The van der Waals surface area contributed by atoms with E-state index in [0.717, 1.165) is 17.5 Å². The van der Waals surface area contributed by atoms with Crippen LogP contribution in [0.4, 0.5) is 0 Å². The van der Waals surface area contributed by atoms with Gasteiger partial charge in [-0.15, -0.1) is 0 Å². The van der Waals surface area contributed by atoms with E-state index in [-0.39, 0.29) is 6.61 Å². The van der Waals surface area contributed by atoms with E-state index < -0.39 is 0 Å². The molecule has 2 aromatic rings. The molecule has 0 unspecified atom stereocenters. The summed E-state index contributed by atoms with van der Waals surface area (Å²) in [7, 11) is 1.89. The SMILES string of the molecule is CCOc1cc(CO)ccc1OCCc1cnn(C)c1. The molecule has 0 bridgehead atoms. The van der Waals surface area contributed by atoms with Crippen molar-refractivity contribution in [2.75, 3.05) is 13.2 Å². The summed E-state index contributed by atoms with van der Waals surface area (Å²) in [5.74, 6) is 1.37. The second-order valence-corrected chi connectivity index (χ2v) is 4.49. The van der Waals surface area contributed by atoms with Gasteiger partial charge in [0, 0.05) is 19.7 Å². The van der Waals surface area contributed by atoms with Crippen molar-refractivity contribution < 1.29 is 14.6 Å². The molecule has 0 radical (unpaired) electrons. The quantitative estimate of drug-likeness (QED) is 0.839. The minimum Gasteiger partial charge on any atom is -0.490 e. The van der Waals surface area contributed by atoms with Crippen LogP contribution < -0.4 is 9.47 Å². The third kappa shape index (κ3) is 3.74. The Kier molecular flexibility index (Phi) is 5.01. The molecule has 0 saturated carbocycles. The Morgan fingerprint density at radius 3 is 2.70 bits per heavy atom. The van der Waals surface area contributed by atoms with Crippen molar-refractivity contribution in [3.05, 3.63) is 41.7 Å². The monoisotopic (exact) mass is 276 g/mol. The highest BCUT2D eigenvalue weighted by Gasteiger charge is 2.06. The lowest BCUT2D eigenvalue weighted by Gasteiger charge is -2.12. The first-order valence-corrected chi connectivity index (χ1v) is 6.70. The summed E-state index contributed by atoms with van der Waals surface area (Å²) in [5.41, 5.74) is 1.95. The van der Waals surface area contributed by atoms with E-state index in [4.69, 9.17) is 14.6 Å². The number of rotatable bonds is 7. The van der Waals surface area contributed by atoms with Crippen molar-refractivity contribution in [1.82, 2.24) is 9.78 Å². The molecule has 0 saturated heterocycles. The van der Waals surface area contributed by atoms with Gasteiger partial charge in [0.1, 0.15) is 0 Å².